The highest BCUT2D eigenvalue weighted by atomic mass is 35.5. The van der Waals surface area contributed by atoms with Crippen molar-refractivity contribution in [3.05, 3.63) is 161 Å². The maximum Gasteiger partial charge on any atom is 0.272 e. The first-order chi connectivity index (χ1) is 22.7. The molecule has 5 aromatic rings. The van der Waals surface area contributed by atoms with E-state index in [1.165, 1.54) is 11.8 Å². The highest BCUT2D eigenvalue weighted by molar-refractivity contribution is 8.00. The predicted octanol–water partition coefficient (Wildman–Crippen LogP) is 8.29. The molecular weight excluding hydrogens is 628 g/mol. The molecule has 47 heavy (non-hydrogen) atoms. The van der Waals surface area contributed by atoms with Crippen molar-refractivity contribution < 1.29 is 14.4 Å². The summed E-state index contributed by atoms with van der Waals surface area (Å²) < 4.78 is 0. The van der Waals surface area contributed by atoms with Crippen LogP contribution in [-0.4, -0.2) is 31.8 Å². The monoisotopic (exact) mass is 660 g/mol. The number of amides is 3. The van der Waals surface area contributed by atoms with Crippen molar-refractivity contribution in [1.82, 2.24) is 5.32 Å². The quantitative estimate of drug-likeness (QED) is 0.0980. The van der Waals surface area contributed by atoms with Gasteiger partial charge in [0, 0.05) is 46.6 Å². The number of carbonyl (C=O) groups excluding carboxylic acids is 3. The fourth-order valence-electron chi connectivity index (χ4n) is 4.57. The molecule has 0 saturated carbocycles. The van der Waals surface area contributed by atoms with Gasteiger partial charge >= 0.3 is 0 Å². The van der Waals surface area contributed by atoms with Crippen LogP contribution in [0, 0.1) is 0 Å². The van der Waals surface area contributed by atoms with Crippen LogP contribution in [0.2, 0.25) is 5.02 Å². The van der Waals surface area contributed by atoms with Gasteiger partial charge in [0.05, 0.1) is 0 Å². The average molecular weight is 661 g/mol. The van der Waals surface area contributed by atoms with Crippen LogP contribution in [0.5, 0.6) is 0 Å². The van der Waals surface area contributed by atoms with Crippen molar-refractivity contribution in [3.8, 4) is 0 Å². The van der Waals surface area contributed by atoms with E-state index in [9.17, 15) is 14.4 Å². The van der Waals surface area contributed by atoms with Crippen LogP contribution < -0.4 is 20.9 Å². The molecule has 0 heterocycles. The third-order valence-corrected chi connectivity index (χ3v) is 8.59. The fourth-order valence-corrected chi connectivity index (χ4v) is 5.72. The summed E-state index contributed by atoms with van der Waals surface area (Å²) in [6.45, 7) is 0. The topological polar surface area (TPSA) is 90.5 Å². The maximum absolute atomic E-state index is 13.5. The van der Waals surface area contributed by atoms with E-state index in [1.807, 2.05) is 91.8 Å². The first-order valence-corrected chi connectivity index (χ1v) is 16.1. The fraction of sp³-hybridized carbons (Fsp3) is 0.0789. The molecule has 0 radical (unpaired) electrons. The molecule has 236 valence electrons. The number of halogens is 1. The molecule has 7 nitrogen and oxygen atoms in total. The van der Waals surface area contributed by atoms with Crippen LogP contribution in [0.25, 0.3) is 6.08 Å². The van der Waals surface area contributed by atoms with Crippen LogP contribution >= 0.6 is 23.4 Å². The third kappa shape index (κ3) is 9.36. The molecule has 0 fully saturated rings. The molecule has 0 aromatic heterocycles. The second kappa shape index (κ2) is 15.8. The van der Waals surface area contributed by atoms with Gasteiger partial charge in [-0.05, 0) is 90.0 Å². The molecular formula is C38H33ClN4O3S. The zero-order valence-corrected chi connectivity index (χ0v) is 27.4. The minimum atomic E-state index is -0.533. The van der Waals surface area contributed by atoms with Crippen LogP contribution in [-0.2, 0) is 9.59 Å². The second-order valence-corrected chi connectivity index (χ2v) is 12.4. The summed E-state index contributed by atoms with van der Waals surface area (Å²) in [7, 11) is 3.90. The lowest BCUT2D eigenvalue weighted by molar-refractivity contribution is -0.116. The lowest BCUT2D eigenvalue weighted by Gasteiger charge is -2.17. The van der Waals surface area contributed by atoms with E-state index in [1.54, 1.807) is 66.7 Å². The van der Waals surface area contributed by atoms with Gasteiger partial charge in [0.1, 0.15) is 10.9 Å². The van der Waals surface area contributed by atoms with Gasteiger partial charge in [-0.3, -0.25) is 14.4 Å². The standard InChI is InChI=1S/C38H33ClN4O3S/c1-43(2)32-21-13-26(14-22-32)25-34(42-36(44)28-11-7-4-8-12-28)37(45)40-31-19-23-33(24-20-31)47-35(27-9-5-3-6-10-27)38(46)41-30-17-15-29(39)16-18-30/h3-25,35H,1-2H3,(H,40,45)(H,41,46)(H,42,44)/b34-25-. The van der Waals surface area contributed by atoms with Gasteiger partial charge in [0.15, 0.2) is 0 Å². The molecule has 0 aliphatic heterocycles. The van der Waals surface area contributed by atoms with Gasteiger partial charge in [-0.1, -0.05) is 72.3 Å². The summed E-state index contributed by atoms with van der Waals surface area (Å²) in [5.41, 5.74) is 4.33. The van der Waals surface area contributed by atoms with Gasteiger partial charge in [0.25, 0.3) is 11.8 Å². The molecule has 0 aliphatic rings. The average Bonchev–Trinajstić information content (AvgIpc) is 3.09. The van der Waals surface area contributed by atoms with E-state index >= 15 is 0 Å². The summed E-state index contributed by atoms with van der Waals surface area (Å²) in [6, 6.07) is 40.1. The molecule has 3 N–H and O–H groups in total. The zero-order chi connectivity index (χ0) is 33.2. The second-order valence-electron chi connectivity index (χ2n) is 10.7. The minimum Gasteiger partial charge on any atom is -0.378 e. The minimum absolute atomic E-state index is 0.0953. The molecule has 5 aromatic carbocycles. The number of thioether (sulfide) groups is 1. The largest absolute Gasteiger partial charge is 0.378 e. The van der Waals surface area contributed by atoms with Gasteiger partial charge in [-0.2, -0.15) is 0 Å². The Labute approximate surface area is 283 Å². The van der Waals surface area contributed by atoms with Crippen LogP contribution in [0.4, 0.5) is 17.1 Å². The number of benzene rings is 5. The molecule has 1 atom stereocenters. The van der Waals surface area contributed by atoms with Gasteiger partial charge in [-0.25, -0.2) is 0 Å². The van der Waals surface area contributed by atoms with Gasteiger partial charge < -0.3 is 20.9 Å². The van der Waals surface area contributed by atoms with E-state index < -0.39 is 17.1 Å². The molecule has 1 unspecified atom stereocenters. The van der Waals surface area contributed by atoms with E-state index in [0.717, 1.165) is 21.7 Å². The van der Waals surface area contributed by atoms with E-state index in [0.29, 0.717) is 22.0 Å². The number of nitrogens with zero attached hydrogens (tertiary/aromatic N) is 1. The van der Waals surface area contributed by atoms with Crippen molar-refractivity contribution in [2.45, 2.75) is 10.1 Å². The lowest BCUT2D eigenvalue weighted by Crippen LogP contribution is -2.30. The van der Waals surface area contributed by atoms with Crippen LogP contribution in [0.1, 0.15) is 26.7 Å². The van der Waals surface area contributed by atoms with Crippen molar-refractivity contribution >= 4 is 64.2 Å². The Morgan fingerprint density at radius 3 is 1.89 bits per heavy atom. The Morgan fingerprint density at radius 2 is 1.28 bits per heavy atom. The van der Waals surface area contributed by atoms with Crippen molar-refractivity contribution in [2.75, 3.05) is 29.6 Å². The van der Waals surface area contributed by atoms with E-state index in [-0.39, 0.29) is 11.6 Å². The molecule has 5 rings (SSSR count). The highest BCUT2D eigenvalue weighted by Gasteiger charge is 2.22. The molecule has 3 amide bonds. The Bertz CT molecular complexity index is 1850. The number of carbonyl (C=O) groups is 3. The number of hydrogen-bond acceptors (Lipinski definition) is 5. The summed E-state index contributed by atoms with van der Waals surface area (Å²) in [4.78, 5) is 42.8. The summed E-state index contributed by atoms with van der Waals surface area (Å²) in [5.74, 6) is -1.05. The Kier molecular flexibility index (Phi) is 11.1. The summed E-state index contributed by atoms with van der Waals surface area (Å²) >= 11 is 7.40. The smallest absolute Gasteiger partial charge is 0.272 e. The number of hydrogen-bond donors (Lipinski definition) is 3. The SMILES string of the molecule is CN(C)c1ccc(/C=C(\NC(=O)c2ccccc2)C(=O)Nc2ccc(SC(C(=O)Nc3ccc(Cl)cc3)c3ccccc3)cc2)cc1. The van der Waals surface area contributed by atoms with Crippen LogP contribution in [0.15, 0.2) is 144 Å². The van der Waals surface area contributed by atoms with Crippen molar-refractivity contribution in [2.24, 2.45) is 0 Å². The maximum atomic E-state index is 13.5. The van der Waals surface area contributed by atoms with Gasteiger partial charge in [0.2, 0.25) is 5.91 Å². The van der Waals surface area contributed by atoms with Crippen molar-refractivity contribution in [3.63, 3.8) is 0 Å². The van der Waals surface area contributed by atoms with Crippen LogP contribution in [0.3, 0.4) is 0 Å². The summed E-state index contributed by atoms with van der Waals surface area (Å²) in [6.07, 6.45) is 1.64. The van der Waals surface area contributed by atoms with Crippen molar-refractivity contribution in [1.29, 1.82) is 0 Å². The number of anilines is 3. The Hall–Kier alpha value is -5.31. The molecule has 9 heteroatoms. The first kappa shape index (κ1) is 33.1. The van der Waals surface area contributed by atoms with Gasteiger partial charge in [-0.15, -0.1) is 11.8 Å². The zero-order valence-electron chi connectivity index (χ0n) is 25.8. The first-order valence-electron chi connectivity index (χ1n) is 14.8. The van der Waals surface area contributed by atoms with E-state index in [2.05, 4.69) is 16.0 Å². The Morgan fingerprint density at radius 1 is 0.702 bits per heavy atom. The normalized spacial score (nSPS) is 11.7. The summed E-state index contributed by atoms with van der Waals surface area (Å²) in [5, 5.41) is 8.69. The highest BCUT2D eigenvalue weighted by Crippen LogP contribution is 2.37. The molecule has 0 aliphatic carbocycles. The Balaban J connectivity index is 1.33. The lowest BCUT2D eigenvalue weighted by atomic mass is 10.1. The number of nitrogens with one attached hydrogen (secondary N) is 3. The van der Waals surface area contributed by atoms with E-state index in [4.69, 9.17) is 11.6 Å². The predicted molar refractivity (Wildman–Crippen MR) is 193 cm³/mol. The molecule has 0 bridgehead atoms. The molecule has 0 saturated heterocycles. The molecule has 0 spiro atoms. The third-order valence-electron chi connectivity index (χ3n) is 7.07. The number of rotatable bonds is 11.